The van der Waals surface area contributed by atoms with Crippen LogP contribution in [0.5, 0.6) is 11.5 Å². The van der Waals surface area contributed by atoms with Crippen molar-refractivity contribution in [3.8, 4) is 11.5 Å². The minimum atomic E-state index is -0.257. The summed E-state index contributed by atoms with van der Waals surface area (Å²) < 4.78 is 25.4. The van der Waals surface area contributed by atoms with Crippen molar-refractivity contribution in [1.82, 2.24) is 5.32 Å². The molecule has 0 aliphatic rings. The number of benzene rings is 3. The number of aryl methyl sites for hydroxylation is 1. The van der Waals surface area contributed by atoms with E-state index in [0.717, 1.165) is 35.0 Å². The summed E-state index contributed by atoms with van der Waals surface area (Å²) in [7, 11) is 1.63. The molecule has 3 rings (SSSR count). The lowest BCUT2D eigenvalue weighted by molar-refractivity contribution is 0.282. The monoisotopic (exact) mass is 471 g/mol. The molecule has 3 aromatic carbocycles. The minimum absolute atomic E-state index is 0.257. The van der Waals surface area contributed by atoms with Crippen molar-refractivity contribution in [3.63, 3.8) is 0 Å². The van der Waals surface area contributed by atoms with Crippen molar-refractivity contribution in [3.05, 3.63) is 93.7 Å². The molecule has 0 saturated heterocycles. The fourth-order valence-corrected chi connectivity index (χ4v) is 3.78. The van der Waals surface area contributed by atoms with Crippen LogP contribution >= 0.6 is 15.9 Å². The van der Waals surface area contributed by atoms with Gasteiger partial charge in [-0.05, 0) is 76.7 Å². The number of nitrogens with one attached hydrogen (secondary N) is 1. The summed E-state index contributed by atoms with van der Waals surface area (Å²) in [6.45, 7) is 3.28. The fraction of sp³-hybridized carbons (Fsp3) is 0.280. The van der Waals surface area contributed by atoms with Crippen molar-refractivity contribution in [2.45, 2.75) is 39.0 Å². The highest BCUT2D eigenvalue weighted by Gasteiger charge is 2.13. The third-order valence-corrected chi connectivity index (χ3v) is 5.54. The molecule has 0 fully saturated rings. The molecule has 0 saturated carbocycles. The maximum atomic E-state index is 13.1. The Labute approximate surface area is 186 Å². The van der Waals surface area contributed by atoms with Gasteiger partial charge >= 0.3 is 0 Å². The summed E-state index contributed by atoms with van der Waals surface area (Å²) in [4.78, 5) is 0. The first-order valence-corrected chi connectivity index (χ1v) is 10.9. The Kier molecular flexibility index (Phi) is 8.29. The molecular formula is C25H27BrFNO2. The highest BCUT2D eigenvalue weighted by molar-refractivity contribution is 9.10. The first-order valence-electron chi connectivity index (χ1n) is 10.1. The Hall–Kier alpha value is -2.37. The standard InChI is InChI=1S/C25H27BrFNO2/c1-18(8-9-19-6-4-3-5-7-19)28-16-21-14-23(26)25(24(15-21)29-2)30-17-20-10-12-22(27)13-11-20/h3-7,10-15,18,28H,8-9,16-17H2,1-2H3/t18-/m1/s1. The lowest BCUT2D eigenvalue weighted by atomic mass is 10.1. The first kappa shape index (κ1) is 22.3. The normalized spacial score (nSPS) is 11.9. The maximum absolute atomic E-state index is 13.1. The number of rotatable bonds is 10. The van der Waals surface area contributed by atoms with Gasteiger partial charge in [0.25, 0.3) is 0 Å². The van der Waals surface area contributed by atoms with Gasteiger partial charge in [-0.25, -0.2) is 4.39 Å². The number of halogens is 2. The summed E-state index contributed by atoms with van der Waals surface area (Å²) in [5.74, 6) is 1.05. The molecule has 1 N–H and O–H groups in total. The van der Waals surface area contributed by atoms with E-state index in [9.17, 15) is 4.39 Å². The van der Waals surface area contributed by atoms with Crippen LogP contribution in [0.2, 0.25) is 0 Å². The summed E-state index contributed by atoms with van der Waals surface area (Å²) in [5, 5.41) is 3.58. The van der Waals surface area contributed by atoms with E-state index in [2.05, 4.69) is 52.4 Å². The van der Waals surface area contributed by atoms with Gasteiger partial charge in [0.1, 0.15) is 12.4 Å². The molecule has 0 amide bonds. The van der Waals surface area contributed by atoms with Crippen LogP contribution in [0.25, 0.3) is 0 Å². The average molecular weight is 472 g/mol. The van der Waals surface area contributed by atoms with E-state index >= 15 is 0 Å². The quantitative estimate of drug-likeness (QED) is 0.377. The molecule has 0 aliphatic heterocycles. The molecule has 0 radical (unpaired) electrons. The highest BCUT2D eigenvalue weighted by atomic mass is 79.9. The van der Waals surface area contributed by atoms with Gasteiger partial charge in [0.05, 0.1) is 11.6 Å². The van der Waals surface area contributed by atoms with Crippen LogP contribution in [0.15, 0.2) is 71.2 Å². The third-order valence-electron chi connectivity index (χ3n) is 4.95. The molecule has 0 spiro atoms. The van der Waals surface area contributed by atoms with E-state index < -0.39 is 0 Å². The van der Waals surface area contributed by atoms with Gasteiger partial charge in [-0.2, -0.15) is 0 Å². The number of hydrogen-bond donors (Lipinski definition) is 1. The van der Waals surface area contributed by atoms with Crippen LogP contribution in [-0.4, -0.2) is 13.2 Å². The van der Waals surface area contributed by atoms with Crippen LogP contribution in [0.3, 0.4) is 0 Å². The van der Waals surface area contributed by atoms with Crippen molar-refractivity contribution in [2.24, 2.45) is 0 Å². The molecule has 30 heavy (non-hydrogen) atoms. The van der Waals surface area contributed by atoms with Crippen LogP contribution in [0.1, 0.15) is 30.0 Å². The van der Waals surface area contributed by atoms with Gasteiger partial charge in [-0.1, -0.05) is 42.5 Å². The van der Waals surface area contributed by atoms with E-state index in [-0.39, 0.29) is 5.82 Å². The van der Waals surface area contributed by atoms with E-state index in [4.69, 9.17) is 9.47 Å². The second-order valence-corrected chi connectivity index (χ2v) is 8.18. The van der Waals surface area contributed by atoms with E-state index in [1.54, 1.807) is 19.2 Å². The second kappa shape index (κ2) is 11.1. The average Bonchev–Trinajstić information content (AvgIpc) is 2.77. The van der Waals surface area contributed by atoms with Gasteiger partial charge in [0, 0.05) is 12.6 Å². The fourth-order valence-electron chi connectivity index (χ4n) is 3.17. The molecular weight excluding hydrogens is 445 g/mol. The molecule has 0 aromatic heterocycles. The van der Waals surface area contributed by atoms with Gasteiger partial charge in [-0.15, -0.1) is 0 Å². The molecule has 158 valence electrons. The number of ether oxygens (including phenoxy) is 2. The number of hydrogen-bond acceptors (Lipinski definition) is 3. The summed E-state index contributed by atoms with van der Waals surface area (Å²) in [6.07, 6.45) is 2.12. The molecule has 5 heteroatoms. The molecule has 0 heterocycles. The van der Waals surface area contributed by atoms with Gasteiger partial charge in [0.15, 0.2) is 11.5 Å². The van der Waals surface area contributed by atoms with E-state index in [1.807, 2.05) is 18.2 Å². The molecule has 0 unspecified atom stereocenters. The van der Waals surface area contributed by atoms with Gasteiger partial charge in [-0.3, -0.25) is 0 Å². The van der Waals surface area contributed by atoms with E-state index in [1.165, 1.54) is 17.7 Å². The Balaban J connectivity index is 1.56. The first-order chi connectivity index (χ1) is 14.5. The zero-order valence-electron chi connectivity index (χ0n) is 17.3. The zero-order chi connectivity index (χ0) is 21.3. The van der Waals surface area contributed by atoms with Crippen molar-refractivity contribution >= 4 is 15.9 Å². The van der Waals surface area contributed by atoms with Crippen molar-refractivity contribution in [2.75, 3.05) is 7.11 Å². The van der Waals surface area contributed by atoms with Crippen LogP contribution < -0.4 is 14.8 Å². The Morgan fingerprint density at radius 3 is 2.40 bits per heavy atom. The SMILES string of the molecule is COc1cc(CN[C@H](C)CCc2ccccc2)cc(Br)c1OCc1ccc(F)cc1. The van der Waals surface area contributed by atoms with Gasteiger partial charge < -0.3 is 14.8 Å². The van der Waals surface area contributed by atoms with Gasteiger partial charge in [0.2, 0.25) is 0 Å². The summed E-state index contributed by atoms with van der Waals surface area (Å²) in [6, 6.07) is 21.2. The lowest BCUT2D eigenvalue weighted by Gasteiger charge is -2.17. The molecule has 0 bridgehead atoms. The smallest absolute Gasteiger partial charge is 0.175 e. The van der Waals surface area contributed by atoms with Crippen LogP contribution in [0, 0.1) is 5.82 Å². The molecule has 3 aromatic rings. The maximum Gasteiger partial charge on any atom is 0.175 e. The summed E-state index contributed by atoms with van der Waals surface area (Å²) in [5.41, 5.74) is 3.36. The van der Waals surface area contributed by atoms with Crippen LogP contribution in [0.4, 0.5) is 4.39 Å². The third kappa shape index (κ3) is 6.57. The second-order valence-electron chi connectivity index (χ2n) is 7.33. The largest absolute Gasteiger partial charge is 0.493 e. The van der Waals surface area contributed by atoms with Crippen molar-refractivity contribution < 1.29 is 13.9 Å². The van der Waals surface area contributed by atoms with Crippen molar-refractivity contribution in [1.29, 1.82) is 0 Å². The van der Waals surface area contributed by atoms with Crippen LogP contribution in [-0.2, 0) is 19.6 Å². The predicted octanol–water partition coefficient (Wildman–Crippen LogP) is 6.29. The Morgan fingerprint density at radius 2 is 1.70 bits per heavy atom. The Bertz CT molecular complexity index is 932. The molecule has 1 atom stereocenters. The zero-order valence-corrected chi connectivity index (χ0v) is 18.9. The Morgan fingerprint density at radius 1 is 0.967 bits per heavy atom. The topological polar surface area (TPSA) is 30.5 Å². The predicted molar refractivity (Wildman–Crippen MR) is 122 cm³/mol. The lowest BCUT2D eigenvalue weighted by Crippen LogP contribution is -2.26. The number of methoxy groups -OCH3 is 1. The minimum Gasteiger partial charge on any atom is -0.493 e. The highest BCUT2D eigenvalue weighted by Crippen LogP contribution is 2.37. The van der Waals surface area contributed by atoms with E-state index in [0.29, 0.717) is 24.1 Å². The summed E-state index contributed by atoms with van der Waals surface area (Å²) >= 11 is 3.60. The molecule has 0 aliphatic carbocycles. The molecule has 3 nitrogen and oxygen atoms in total.